The van der Waals surface area contributed by atoms with Crippen LogP contribution in [0.3, 0.4) is 0 Å². The first-order valence-electron chi connectivity index (χ1n) is 8.70. The minimum absolute atomic E-state index is 0.0309. The lowest BCUT2D eigenvalue weighted by atomic mass is 10.0. The van der Waals surface area contributed by atoms with Crippen molar-refractivity contribution in [1.82, 2.24) is 15.2 Å². The Bertz CT molecular complexity index is 1030. The summed E-state index contributed by atoms with van der Waals surface area (Å²) in [5.74, 6) is -2.99. The summed E-state index contributed by atoms with van der Waals surface area (Å²) in [4.78, 5) is 52.7. The molecular weight excluding hydrogens is 450 g/mol. The van der Waals surface area contributed by atoms with E-state index in [1.807, 2.05) is 0 Å². The van der Waals surface area contributed by atoms with E-state index in [1.165, 1.54) is 36.2 Å². The molecule has 0 radical (unpaired) electrons. The summed E-state index contributed by atoms with van der Waals surface area (Å²) in [6.07, 6.45) is 2.96. The average Bonchev–Trinajstić information content (AvgIpc) is 3.14. The number of carboxylic acids is 1. The maximum atomic E-state index is 12.6. The number of nitrogens with zero attached hydrogens (tertiary/aromatic N) is 3. The number of rotatable bonds is 7. The molecular formula is C17H17N5O7S2. The molecule has 1 aromatic rings. The Balaban J connectivity index is 1.74. The first-order valence-corrected chi connectivity index (χ1v) is 10.6. The SMILES string of the molecule is CC(=O)OC/C=C/C1=C(C(=O)O)N2C(=O)C(NC(=O)/C(=N\O)c3csc(N)n3)[C@H]2SC1. The van der Waals surface area contributed by atoms with E-state index in [-0.39, 0.29) is 28.9 Å². The molecule has 31 heavy (non-hydrogen) atoms. The van der Waals surface area contributed by atoms with Crippen molar-refractivity contribution in [2.45, 2.75) is 18.3 Å². The van der Waals surface area contributed by atoms with Crippen molar-refractivity contribution < 1.29 is 34.2 Å². The second kappa shape index (κ2) is 9.18. The molecule has 1 fully saturated rings. The zero-order chi connectivity index (χ0) is 22.7. The molecule has 3 rings (SSSR count). The number of carbonyl (C=O) groups excluding carboxylic acids is 3. The Morgan fingerprint density at radius 2 is 2.23 bits per heavy atom. The fourth-order valence-corrected chi connectivity index (χ4v) is 4.81. The maximum absolute atomic E-state index is 12.6. The summed E-state index contributed by atoms with van der Waals surface area (Å²) < 4.78 is 4.77. The number of anilines is 1. The average molecular weight is 467 g/mol. The van der Waals surface area contributed by atoms with Gasteiger partial charge in [0.05, 0.1) is 0 Å². The van der Waals surface area contributed by atoms with Gasteiger partial charge < -0.3 is 26.1 Å². The molecule has 1 saturated heterocycles. The second-order valence-electron chi connectivity index (χ2n) is 6.26. The molecule has 2 atom stereocenters. The summed E-state index contributed by atoms with van der Waals surface area (Å²) in [5.41, 5.74) is 5.32. The van der Waals surface area contributed by atoms with Gasteiger partial charge in [0.25, 0.3) is 11.8 Å². The topological polar surface area (TPSA) is 185 Å². The quantitative estimate of drug-likeness (QED) is 0.137. The number of oxime groups is 1. The fourth-order valence-electron chi connectivity index (χ4n) is 2.95. The number of aliphatic carboxylic acids is 1. The van der Waals surface area contributed by atoms with Gasteiger partial charge in [-0.1, -0.05) is 11.2 Å². The van der Waals surface area contributed by atoms with Crippen molar-refractivity contribution in [3.05, 3.63) is 34.5 Å². The lowest BCUT2D eigenvalue weighted by Gasteiger charge is -2.49. The van der Waals surface area contributed by atoms with Crippen LogP contribution in [-0.4, -0.2) is 73.4 Å². The third-order valence-electron chi connectivity index (χ3n) is 4.27. The van der Waals surface area contributed by atoms with E-state index in [2.05, 4.69) is 15.5 Å². The van der Waals surface area contributed by atoms with Crippen molar-refractivity contribution in [2.75, 3.05) is 18.1 Å². The summed E-state index contributed by atoms with van der Waals surface area (Å²) >= 11 is 2.30. The zero-order valence-corrected chi connectivity index (χ0v) is 17.6. The molecule has 1 unspecified atom stereocenters. The summed E-state index contributed by atoms with van der Waals surface area (Å²) in [6, 6.07) is -1.01. The number of nitrogens with one attached hydrogen (secondary N) is 1. The maximum Gasteiger partial charge on any atom is 0.352 e. The van der Waals surface area contributed by atoms with Gasteiger partial charge >= 0.3 is 11.9 Å². The van der Waals surface area contributed by atoms with Crippen LogP contribution >= 0.6 is 23.1 Å². The largest absolute Gasteiger partial charge is 0.477 e. The Morgan fingerprint density at radius 3 is 2.81 bits per heavy atom. The van der Waals surface area contributed by atoms with Crippen molar-refractivity contribution in [1.29, 1.82) is 0 Å². The molecule has 0 saturated carbocycles. The first kappa shape index (κ1) is 22.3. The first-order chi connectivity index (χ1) is 14.7. The normalized spacial score (nSPS) is 21.0. The van der Waals surface area contributed by atoms with Gasteiger partial charge in [0.2, 0.25) is 0 Å². The minimum atomic E-state index is -1.30. The van der Waals surface area contributed by atoms with Crippen molar-refractivity contribution >= 4 is 57.7 Å². The predicted octanol–water partition coefficient (Wildman–Crippen LogP) is -0.238. The summed E-state index contributed by atoms with van der Waals surface area (Å²) in [7, 11) is 0. The fraction of sp³-hybridized carbons (Fsp3) is 0.294. The molecule has 0 aromatic carbocycles. The second-order valence-corrected chi connectivity index (χ2v) is 8.26. The number of hydrogen-bond acceptors (Lipinski definition) is 11. The Hall–Kier alpha value is -3.39. The number of fused-ring (bicyclic) bond motifs is 1. The van der Waals surface area contributed by atoms with Gasteiger partial charge in [-0.05, 0) is 11.6 Å². The van der Waals surface area contributed by atoms with Crippen molar-refractivity contribution in [2.24, 2.45) is 5.16 Å². The van der Waals surface area contributed by atoms with E-state index < -0.39 is 40.9 Å². The highest BCUT2D eigenvalue weighted by Gasteiger charge is 2.54. The molecule has 164 valence electrons. The highest BCUT2D eigenvalue weighted by molar-refractivity contribution is 8.00. The van der Waals surface area contributed by atoms with Crippen LogP contribution in [0.25, 0.3) is 0 Å². The Kier molecular flexibility index (Phi) is 6.60. The van der Waals surface area contributed by atoms with Crippen molar-refractivity contribution in [3.8, 4) is 0 Å². The van der Waals surface area contributed by atoms with E-state index in [4.69, 9.17) is 10.5 Å². The number of nitrogens with two attached hydrogens (primary N) is 1. The molecule has 2 aliphatic rings. The molecule has 2 amide bonds. The molecule has 5 N–H and O–H groups in total. The third kappa shape index (κ3) is 4.54. The van der Waals surface area contributed by atoms with Crippen LogP contribution in [0.15, 0.2) is 34.0 Å². The van der Waals surface area contributed by atoms with E-state index in [0.29, 0.717) is 5.57 Å². The molecule has 0 spiro atoms. The van der Waals surface area contributed by atoms with Gasteiger partial charge in [-0.2, -0.15) is 0 Å². The number of ether oxygens (including phenoxy) is 1. The molecule has 14 heteroatoms. The van der Waals surface area contributed by atoms with Crippen molar-refractivity contribution in [3.63, 3.8) is 0 Å². The van der Waals surface area contributed by atoms with Crippen LogP contribution in [-0.2, 0) is 23.9 Å². The van der Waals surface area contributed by atoms with E-state index in [0.717, 1.165) is 16.2 Å². The molecule has 0 aliphatic carbocycles. The molecule has 12 nitrogen and oxygen atoms in total. The highest BCUT2D eigenvalue weighted by atomic mass is 32.2. The van der Waals surface area contributed by atoms with Gasteiger partial charge in [-0.25, -0.2) is 9.78 Å². The van der Waals surface area contributed by atoms with Crippen LogP contribution in [0.2, 0.25) is 0 Å². The van der Waals surface area contributed by atoms with E-state index in [9.17, 15) is 29.5 Å². The number of aromatic nitrogens is 1. The standard InChI is InChI=1S/C17H17N5O7S2/c1-7(23)29-4-2-3-8-5-30-15-11(14(25)22(15)12(8)16(26)27)20-13(24)10(21-28)9-6-31-17(18)19-9/h2-3,6,11,15,28H,4-5H2,1H3,(H2,18,19)(H,20,24)(H,26,27)/b3-2+,21-10-/t11?,15-/m1/s1. The summed E-state index contributed by atoms with van der Waals surface area (Å²) in [6.45, 7) is 1.22. The number of allylic oxidation sites excluding steroid dienone is 1. The number of amides is 2. The number of thiazole rings is 1. The zero-order valence-electron chi connectivity index (χ0n) is 16.0. The number of carboxylic acid groups (broad SMARTS) is 1. The van der Waals surface area contributed by atoms with Gasteiger partial charge in [0.15, 0.2) is 10.8 Å². The van der Waals surface area contributed by atoms with Crippen LogP contribution in [0.5, 0.6) is 0 Å². The monoisotopic (exact) mass is 467 g/mol. The number of thioether (sulfide) groups is 1. The number of esters is 1. The summed E-state index contributed by atoms with van der Waals surface area (Å²) in [5, 5.41) is 25.1. The smallest absolute Gasteiger partial charge is 0.352 e. The molecule has 1 aromatic heterocycles. The van der Waals surface area contributed by atoms with Crippen LogP contribution in [0, 0.1) is 0 Å². The van der Waals surface area contributed by atoms with Gasteiger partial charge in [-0.3, -0.25) is 19.3 Å². The van der Waals surface area contributed by atoms with E-state index >= 15 is 0 Å². The Morgan fingerprint density at radius 1 is 1.48 bits per heavy atom. The Labute approximate surface area is 183 Å². The lowest BCUT2D eigenvalue weighted by Crippen LogP contribution is -2.71. The third-order valence-corrected chi connectivity index (χ3v) is 6.24. The van der Waals surface area contributed by atoms with Crippen LogP contribution in [0.4, 0.5) is 5.13 Å². The molecule has 2 aliphatic heterocycles. The van der Waals surface area contributed by atoms with Gasteiger partial charge in [0.1, 0.15) is 29.4 Å². The van der Waals surface area contributed by atoms with Crippen LogP contribution < -0.4 is 11.1 Å². The number of nitrogen functional groups attached to an aromatic ring is 1. The highest BCUT2D eigenvalue weighted by Crippen LogP contribution is 2.40. The van der Waals surface area contributed by atoms with E-state index in [1.54, 1.807) is 0 Å². The number of carbonyl (C=O) groups is 4. The van der Waals surface area contributed by atoms with Crippen LogP contribution in [0.1, 0.15) is 12.6 Å². The minimum Gasteiger partial charge on any atom is -0.477 e. The van der Waals surface area contributed by atoms with Gasteiger partial charge in [0, 0.05) is 18.1 Å². The number of β-lactam (4-membered cyclic amide) rings is 1. The molecule has 3 heterocycles. The van der Waals surface area contributed by atoms with Gasteiger partial charge in [-0.15, -0.1) is 23.1 Å². The molecule has 0 bridgehead atoms. The predicted molar refractivity (Wildman–Crippen MR) is 110 cm³/mol. The lowest BCUT2D eigenvalue weighted by molar-refractivity contribution is -0.150. The number of hydrogen-bond donors (Lipinski definition) is 4.